The SMILES string of the molecule is COc1c(CC(=O)c2ccc(CO)c(C#N)c2)cnc2c1c(C1[C@@H]3CC[C@H]1CN(C(=O)C1CCCC1)C3)cn2C. The van der Waals surface area contributed by atoms with Crippen molar-refractivity contribution in [2.45, 2.75) is 57.5 Å². The lowest BCUT2D eigenvalue weighted by molar-refractivity contribution is -0.137. The van der Waals surface area contributed by atoms with Crippen molar-refractivity contribution in [2.24, 2.45) is 24.8 Å². The summed E-state index contributed by atoms with van der Waals surface area (Å²) in [6.45, 7) is 1.37. The predicted molar refractivity (Wildman–Crippen MR) is 150 cm³/mol. The molecule has 208 valence electrons. The standard InChI is InChI=1S/C32H36N4O4/c1-35-17-26(28-21-8-9-22(28)16-36(15-21)32(39)19-5-3-4-6-19)29-30(40-2)25(14-34-31(29)35)12-27(38)20-7-10-23(18-37)24(11-20)13-33/h7,10-11,14,17,19,21-22,28,37H,3-6,8-9,12,15-16,18H2,1-2H3/t21-,22+,28?. The van der Waals surface area contributed by atoms with Crippen LogP contribution in [0.1, 0.15) is 77.1 Å². The first-order chi connectivity index (χ1) is 19.4. The van der Waals surface area contributed by atoms with Gasteiger partial charge in [-0.25, -0.2) is 4.98 Å². The molecule has 8 nitrogen and oxygen atoms in total. The van der Waals surface area contributed by atoms with E-state index in [0.29, 0.717) is 51.7 Å². The molecule has 2 aliphatic carbocycles. The van der Waals surface area contributed by atoms with Gasteiger partial charge in [0, 0.05) is 56.0 Å². The van der Waals surface area contributed by atoms with Crippen molar-refractivity contribution in [3.8, 4) is 11.8 Å². The molecular formula is C32H36N4O4. The number of carbonyl (C=O) groups is 2. The first-order valence-electron chi connectivity index (χ1n) is 14.4. The number of fused-ring (bicyclic) bond motifs is 3. The Balaban J connectivity index is 1.31. The lowest BCUT2D eigenvalue weighted by Gasteiger charge is -2.39. The minimum Gasteiger partial charge on any atom is -0.496 e. The van der Waals surface area contributed by atoms with Gasteiger partial charge in [0.25, 0.3) is 0 Å². The van der Waals surface area contributed by atoms with Crippen molar-refractivity contribution in [3.05, 3.63) is 58.4 Å². The highest BCUT2D eigenvalue weighted by Crippen LogP contribution is 2.51. The molecule has 3 heterocycles. The first kappa shape index (κ1) is 26.5. The van der Waals surface area contributed by atoms with Gasteiger partial charge in [-0.05, 0) is 60.6 Å². The summed E-state index contributed by atoms with van der Waals surface area (Å²) in [4.78, 5) is 33.5. The number of rotatable bonds is 7. The fraction of sp³-hybridized carbons (Fsp3) is 0.500. The third-order valence-corrected chi connectivity index (χ3v) is 9.53. The van der Waals surface area contributed by atoms with Gasteiger partial charge in [-0.2, -0.15) is 5.26 Å². The fourth-order valence-corrected chi connectivity index (χ4v) is 7.61. The van der Waals surface area contributed by atoms with Crippen LogP contribution in [0.25, 0.3) is 11.0 Å². The van der Waals surface area contributed by atoms with E-state index in [2.05, 4.69) is 17.2 Å². The summed E-state index contributed by atoms with van der Waals surface area (Å²) < 4.78 is 8.03. The van der Waals surface area contributed by atoms with E-state index in [9.17, 15) is 20.0 Å². The van der Waals surface area contributed by atoms with Gasteiger partial charge in [0.2, 0.25) is 5.91 Å². The van der Waals surface area contributed by atoms with Gasteiger partial charge in [-0.3, -0.25) is 9.59 Å². The molecule has 1 N–H and O–H groups in total. The zero-order valence-corrected chi connectivity index (χ0v) is 23.2. The summed E-state index contributed by atoms with van der Waals surface area (Å²) in [5, 5.41) is 19.9. The minimum absolute atomic E-state index is 0.0883. The third-order valence-electron chi connectivity index (χ3n) is 9.53. The Bertz CT molecular complexity index is 1500. The summed E-state index contributed by atoms with van der Waals surface area (Å²) in [6, 6.07) is 6.88. The van der Waals surface area contributed by atoms with E-state index in [1.54, 1.807) is 31.5 Å². The van der Waals surface area contributed by atoms with Crippen LogP contribution in [-0.4, -0.2) is 51.4 Å². The zero-order valence-electron chi connectivity index (χ0n) is 23.2. The number of methoxy groups -OCH3 is 1. The molecule has 1 amide bonds. The van der Waals surface area contributed by atoms with Crippen molar-refractivity contribution in [1.82, 2.24) is 14.5 Å². The molecule has 3 aromatic rings. The van der Waals surface area contributed by atoms with Crippen LogP contribution in [0.5, 0.6) is 5.75 Å². The number of aliphatic hydroxyl groups excluding tert-OH is 1. The van der Waals surface area contributed by atoms with Crippen LogP contribution in [0.2, 0.25) is 0 Å². The quantitative estimate of drug-likeness (QED) is 0.442. The number of hydrogen-bond donors (Lipinski definition) is 1. The van der Waals surface area contributed by atoms with Gasteiger partial charge in [0.15, 0.2) is 5.78 Å². The van der Waals surface area contributed by atoms with Crippen LogP contribution in [0, 0.1) is 29.1 Å². The predicted octanol–water partition coefficient (Wildman–Crippen LogP) is 4.51. The second-order valence-corrected chi connectivity index (χ2v) is 11.8. The fourth-order valence-electron chi connectivity index (χ4n) is 7.61. The molecule has 3 fully saturated rings. The highest BCUT2D eigenvalue weighted by molar-refractivity contribution is 5.99. The second-order valence-electron chi connectivity index (χ2n) is 11.8. The number of aromatic nitrogens is 2. The van der Waals surface area contributed by atoms with E-state index >= 15 is 0 Å². The first-order valence-corrected chi connectivity index (χ1v) is 14.4. The van der Waals surface area contributed by atoms with Crippen LogP contribution < -0.4 is 4.74 Å². The smallest absolute Gasteiger partial charge is 0.225 e. The molecule has 2 aromatic heterocycles. The van der Waals surface area contributed by atoms with E-state index in [-0.39, 0.29) is 24.7 Å². The van der Waals surface area contributed by atoms with Gasteiger partial charge in [-0.15, -0.1) is 0 Å². The Kier molecular flexibility index (Phi) is 7.09. The van der Waals surface area contributed by atoms with Crippen molar-refractivity contribution < 1.29 is 19.4 Å². The Morgan fingerprint density at radius 2 is 1.85 bits per heavy atom. The van der Waals surface area contributed by atoms with E-state index in [4.69, 9.17) is 9.72 Å². The number of benzene rings is 1. The number of ketones is 1. The average Bonchev–Trinajstić information content (AvgIpc) is 3.68. The number of nitrogens with zero attached hydrogens (tertiary/aromatic N) is 4. The molecule has 1 aromatic carbocycles. The van der Waals surface area contributed by atoms with Gasteiger partial charge in [0.1, 0.15) is 11.4 Å². The highest BCUT2D eigenvalue weighted by atomic mass is 16.5. The molecular weight excluding hydrogens is 504 g/mol. The number of aliphatic hydroxyl groups is 1. The van der Waals surface area contributed by atoms with E-state index < -0.39 is 0 Å². The maximum absolute atomic E-state index is 13.3. The molecule has 1 saturated heterocycles. The number of ether oxygens (including phenoxy) is 1. The lowest BCUT2D eigenvalue weighted by atomic mass is 9.79. The Morgan fingerprint density at radius 3 is 2.50 bits per heavy atom. The number of pyridine rings is 1. The number of aryl methyl sites for hydroxylation is 1. The zero-order chi connectivity index (χ0) is 28.0. The number of Topliss-reactive ketones (excluding diaryl/α,β-unsaturated/α-hetero) is 1. The van der Waals surface area contributed by atoms with E-state index in [1.165, 1.54) is 18.4 Å². The largest absolute Gasteiger partial charge is 0.496 e. The van der Waals surface area contributed by atoms with Crippen LogP contribution in [-0.2, 0) is 24.9 Å². The van der Waals surface area contributed by atoms with Crippen LogP contribution in [0.3, 0.4) is 0 Å². The summed E-state index contributed by atoms with van der Waals surface area (Å²) in [7, 11) is 3.64. The maximum Gasteiger partial charge on any atom is 0.225 e. The summed E-state index contributed by atoms with van der Waals surface area (Å²) in [5.41, 5.74) is 3.95. The summed E-state index contributed by atoms with van der Waals surface area (Å²) >= 11 is 0. The van der Waals surface area contributed by atoms with Crippen molar-refractivity contribution in [3.63, 3.8) is 0 Å². The number of piperidine rings is 1. The third kappa shape index (κ3) is 4.46. The molecule has 2 saturated carbocycles. The molecule has 2 bridgehead atoms. The van der Waals surface area contributed by atoms with Crippen molar-refractivity contribution >= 4 is 22.7 Å². The Hall–Kier alpha value is -3.70. The molecule has 3 aliphatic rings. The summed E-state index contributed by atoms with van der Waals surface area (Å²) in [6.07, 6.45) is 10.6. The average molecular weight is 541 g/mol. The normalized spacial score (nSPS) is 22.6. The molecule has 40 heavy (non-hydrogen) atoms. The molecule has 3 atom stereocenters. The highest BCUT2D eigenvalue weighted by Gasteiger charge is 2.46. The molecule has 1 unspecified atom stereocenters. The maximum atomic E-state index is 13.3. The van der Waals surface area contributed by atoms with Crippen LogP contribution in [0.15, 0.2) is 30.6 Å². The number of amides is 1. The Morgan fingerprint density at radius 1 is 1.12 bits per heavy atom. The molecule has 1 aliphatic heterocycles. The van der Waals surface area contributed by atoms with Crippen LogP contribution in [0.4, 0.5) is 0 Å². The van der Waals surface area contributed by atoms with Gasteiger partial charge in [0.05, 0.1) is 30.7 Å². The number of likely N-dealkylation sites (tertiary alicyclic amines) is 1. The molecule has 6 rings (SSSR count). The second kappa shape index (κ2) is 10.7. The number of nitriles is 1. The molecule has 8 heteroatoms. The monoisotopic (exact) mass is 540 g/mol. The number of carbonyl (C=O) groups excluding carboxylic acids is 2. The number of hydrogen-bond acceptors (Lipinski definition) is 6. The van der Waals surface area contributed by atoms with Gasteiger partial charge in [-0.1, -0.05) is 25.0 Å². The summed E-state index contributed by atoms with van der Waals surface area (Å²) in [5.74, 6) is 2.22. The van der Waals surface area contributed by atoms with Crippen LogP contribution >= 0.6 is 0 Å². The topological polar surface area (TPSA) is 108 Å². The minimum atomic E-state index is -0.252. The Labute approximate surface area is 234 Å². The van der Waals surface area contributed by atoms with Gasteiger partial charge >= 0.3 is 0 Å². The van der Waals surface area contributed by atoms with E-state index in [1.807, 2.05) is 11.6 Å². The van der Waals surface area contributed by atoms with Crippen molar-refractivity contribution in [1.29, 1.82) is 5.26 Å². The molecule has 0 radical (unpaired) electrons. The van der Waals surface area contributed by atoms with E-state index in [0.717, 1.165) is 49.8 Å². The van der Waals surface area contributed by atoms with Crippen molar-refractivity contribution in [2.75, 3.05) is 20.2 Å². The lowest BCUT2D eigenvalue weighted by Crippen LogP contribution is -2.46. The molecule has 0 spiro atoms. The van der Waals surface area contributed by atoms with Gasteiger partial charge < -0.3 is 19.3 Å².